The van der Waals surface area contributed by atoms with Crippen LogP contribution in [0.1, 0.15) is 43.2 Å². The average molecular weight is 335 g/mol. The second kappa shape index (κ2) is 8.47. The Morgan fingerprint density at radius 2 is 2.09 bits per heavy atom. The second-order valence-corrected chi connectivity index (χ2v) is 6.65. The van der Waals surface area contributed by atoms with E-state index in [4.69, 9.17) is 0 Å². The summed E-state index contributed by atoms with van der Waals surface area (Å²) in [7, 11) is 0. The number of nitrogens with one attached hydrogen (secondary N) is 1. The minimum atomic E-state index is -2.76. The summed E-state index contributed by atoms with van der Waals surface area (Å²) in [5.41, 5.74) is -0.615. The number of halogens is 2. The van der Waals surface area contributed by atoms with E-state index in [2.05, 4.69) is 10.4 Å². The largest absolute Gasteiger partial charge is 0.395 e. The van der Waals surface area contributed by atoms with Gasteiger partial charge >= 0.3 is 0 Å². The maximum absolute atomic E-state index is 13.1. The summed E-state index contributed by atoms with van der Waals surface area (Å²) in [5.74, 6) is -0.409. The molecule has 8 heteroatoms. The molecule has 1 aromatic rings. The number of thioether (sulfide) groups is 1. The molecule has 1 amide bonds. The van der Waals surface area contributed by atoms with Crippen LogP contribution in [0.25, 0.3) is 0 Å². The number of hydrogen-bond donors (Lipinski definition) is 2. The maximum atomic E-state index is 13.1. The van der Waals surface area contributed by atoms with Gasteiger partial charge in [-0.2, -0.15) is 16.9 Å². The normalized spacial score (nSPS) is 14.4. The van der Waals surface area contributed by atoms with Gasteiger partial charge in [0, 0.05) is 24.0 Å². The first-order chi connectivity index (χ1) is 10.3. The molecule has 5 nitrogen and oxygen atoms in total. The molecule has 1 heterocycles. The predicted octanol–water partition coefficient (Wildman–Crippen LogP) is 2.32. The van der Waals surface area contributed by atoms with E-state index in [0.29, 0.717) is 6.54 Å². The first kappa shape index (κ1) is 18.9. The smallest absolute Gasteiger partial charge is 0.272 e. The molecule has 0 aliphatic heterocycles. The Balaban J connectivity index is 2.93. The van der Waals surface area contributed by atoms with Crippen LogP contribution in [-0.4, -0.2) is 44.9 Å². The van der Waals surface area contributed by atoms with Crippen molar-refractivity contribution in [2.75, 3.05) is 12.9 Å². The minimum Gasteiger partial charge on any atom is -0.395 e. The molecule has 0 aliphatic rings. The zero-order chi connectivity index (χ0) is 16.9. The van der Waals surface area contributed by atoms with Crippen molar-refractivity contribution in [3.63, 3.8) is 0 Å². The number of aliphatic hydroxyl groups is 1. The van der Waals surface area contributed by atoms with Gasteiger partial charge in [0.15, 0.2) is 5.69 Å². The van der Waals surface area contributed by atoms with Gasteiger partial charge in [-0.3, -0.25) is 9.48 Å². The van der Waals surface area contributed by atoms with Crippen molar-refractivity contribution in [3.05, 3.63) is 17.5 Å². The third-order valence-corrected chi connectivity index (χ3v) is 4.35. The van der Waals surface area contributed by atoms with Gasteiger partial charge in [-0.25, -0.2) is 8.78 Å². The molecule has 22 heavy (non-hydrogen) atoms. The van der Waals surface area contributed by atoms with Crippen LogP contribution >= 0.6 is 11.8 Å². The fraction of sp³-hybridized carbons (Fsp3) is 0.714. The highest BCUT2D eigenvalue weighted by Gasteiger charge is 2.26. The maximum Gasteiger partial charge on any atom is 0.272 e. The van der Waals surface area contributed by atoms with E-state index < -0.39 is 12.3 Å². The third kappa shape index (κ3) is 4.95. The number of carbonyl (C=O) groups excluding carboxylic acids is 1. The molecule has 2 atom stereocenters. The lowest BCUT2D eigenvalue weighted by Crippen LogP contribution is -2.41. The Kier molecular flexibility index (Phi) is 7.28. The number of aromatic nitrogens is 2. The topological polar surface area (TPSA) is 67.2 Å². The van der Waals surface area contributed by atoms with Crippen LogP contribution in [0.15, 0.2) is 6.20 Å². The molecule has 2 N–H and O–H groups in total. The summed E-state index contributed by atoms with van der Waals surface area (Å²) in [4.78, 5) is 12.2. The van der Waals surface area contributed by atoms with Gasteiger partial charge in [-0.1, -0.05) is 13.8 Å². The summed E-state index contributed by atoms with van der Waals surface area (Å²) in [6.07, 6.45) is 0.277. The third-order valence-electron chi connectivity index (χ3n) is 3.19. The first-order valence-electron chi connectivity index (χ1n) is 7.10. The van der Waals surface area contributed by atoms with E-state index in [1.807, 2.05) is 20.1 Å². The summed E-state index contributed by atoms with van der Waals surface area (Å²) >= 11 is 1.40. The highest BCUT2D eigenvalue weighted by atomic mass is 32.2. The number of nitrogens with zero attached hydrogens (tertiary/aromatic N) is 2. The standard InChI is InChI=1S/C14H23F2N3O2S/c1-8(2)5-19-6-10(13(15)16)12(18-19)14(21)17-9(3)11(7-20)22-4/h6,8-9,11,13,20H,5,7H2,1-4H3,(H,17,21). The lowest BCUT2D eigenvalue weighted by molar-refractivity contribution is 0.0917. The quantitative estimate of drug-likeness (QED) is 0.765. The van der Waals surface area contributed by atoms with Gasteiger partial charge in [0.2, 0.25) is 0 Å². The summed E-state index contributed by atoms with van der Waals surface area (Å²) in [5, 5.41) is 15.6. The number of carbonyl (C=O) groups is 1. The molecule has 0 aromatic carbocycles. The van der Waals surface area contributed by atoms with E-state index in [1.54, 1.807) is 6.92 Å². The highest BCUT2D eigenvalue weighted by Crippen LogP contribution is 2.23. The van der Waals surface area contributed by atoms with Gasteiger partial charge in [-0.15, -0.1) is 0 Å². The summed E-state index contributed by atoms with van der Waals surface area (Å²) in [6.45, 7) is 5.97. The number of amides is 1. The second-order valence-electron chi connectivity index (χ2n) is 5.57. The molecule has 1 rings (SSSR count). The molecule has 0 radical (unpaired) electrons. The molecule has 0 spiro atoms. The van der Waals surface area contributed by atoms with Crippen LogP contribution in [-0.2, 0) is 6.54 Å². The van der Waals surface area contributed by atoms with E-state index in [-0.39, 0.29) is 35.1 Å². The van der Waals surface area contributed by atoms with Crippen molar-refractivity contribution in [2.24, 2.45) is 5.92 Å². The van der Waals surface area contributed by atoms with Crippen molar-refractivity contribution in [1.29, 1.82) is 0 Å². The molecule has 0 bridgehead atoms. The Labute approximate surface area is 133 Å². The molecule has 0 saturated carbocycles. The SMILES string of the molecule is CSC(CO)C(C)NC(=O)c1nn(CC(C)C)cc1C(F)F. The van der Waals surface area contributed by atoms with Crippen LogP contribution in [0.3, 0.4) is 0 Å². The molecule has 0 aliphatic carbocycles. The Bertz CT molecular complexity index is 490. The van der Waals surface area contributed by atoms with Crippen molar-refractivity contribution >= 4 is 17.7 Å². The number of alkyl halides is 2. The lowest BCUT2D eigenvalue weighted by Gasteiger charge is -2.21. The van der Waals surface area contributed by atoms with Crippen molar-refractivity contribution < 1.29 is 18.7 Å². The highest BCUT2D eigenvalue weighted by molar-refractivity contribution is 7.99. The summed E-state index contributed by atoms with van der Waals surface area (Å²) in [6, 6.07) is -0.353. The van der Waals surface area contributed by atoms with Gasteiger partial charge in [0.1, 0.15) is 0 Å². The number of aliphatic hydroxyl groups excluding tert-OH is 1. The van der Waals surface area contributed by atoms with Crippen molar-refractivity contribution in [1.82, 2.24) is 15.1 Å². The Morgan fingerprint density at radius 1 is 1.45 bits per heavy atom. The molecular formula is C14H23F2N3O2S. The van der Waals surface area contributed by atoms with Crippen molar-refractivity contribution in [2.45, 2.75) is 45.0 Å². The minimum absolute atomic E-state index is 0.105. The fourth-order valence-corrected chi connectivity index (χ4v) is 2.67. The van der Waals surface area contributed by atoms with E-state index >= 15 is 0 Å². The monoisotopic (exact) mass is 335 g/mol. The van der Waals surface area contributed by atoms with Crippen LogP contribution in [0, 0.1) is 5.92 Å². The lowest BCUT2D eigenvalue weighted by atomic mass is 10.2. The molecule has 0 saturated heterocycles. The average Bonchev–Trinajstić information content (AvgIpc) is 2.83. The zero-order valence-corrected chi connectivity index (χ0v) is 14.0. The van der Waals surface area contributed by atoms with Crippen LogP contribution in [0.4, 0.5) is 8.78 Å². The van der Waals surface area contributed by atoms with Crippen molar-refractivity contribution in [3.8, 4) is 0 Å². The molecule has 1 aromatic heterocycles. The zero-order valence-electron chi connectivity index (χ0n) is 13.2. The molecule has 126 valence electrons. The van der Waals surface area contributed by atoms with Gasteiger partial charge in [-0.05, 0) is 19.1 Å². The van der Waals surface area contributed by atoms with E-state index in [1.165, 1.54) is 22.6 Å². The fourth-order valence-electron chi connectivity index (χ4n) is 2.05. The Hall–Kier alpha value is -1.15. The molecule has 0 fully saturated rings. The molecular weight excluding hydrogens is 312 g/mol. The number of rotatable bonds is 8. The Morgan fingerprint density at radius 3 is 2.55 bits per heavy atom. The predicted molar refractivity (Wildman–Crippen MR) is 83.3 cm³/mol. The molecule has 2 unspecified atom stereocenters. The van der Waals surface area contributed by atoms with E-state index in [0.717, 1.165) is 0 Å². The van der Waals surface area contributed by atoms with Crippen LogP contribution < -0.4 is 5.32 Å². The summed E-state index contributed by atoms with van der Waals surface area (Å²) < 4.78 is 27.6. The van der Waals surface area contributed by atoms with Gasteiger partial charge in [0.05, 0.1) is 12.2 Å². The van der Waals surface area contributed by atoms with Gasteiger partial charge < -0.3 is 10.4 Å². The first-order valence-corrected chi connectivity index (χ1v) is 8.38. The van der Waals surface area contributed by atoms with Crippen LogP contribution in [0.5, 0.6) is 0 Å². The number of hydrogen-bond acceptors (Lipinski definition) is 4. The van der Waals surface area contributed by atoms with E-state index in [9.17, 15) is 18.7 Å². The van der Waals surface area contributed by atoms with Crippen LogP contribution in [0.2, 0.25) is 0 Å². The van der Waals surface area contributed by atoms with Gasteiger partial charge in [0.25, 0.3) is 12.3 Å².